The fraction of sp³-hybridized carbons (Fsp3) is 0.278. The third-order valence-corrected chi connectivity index (χ3v) is 3.82. The summed E-state index contributed by atoms with van der Waals surface area (Å²) in [5.41, 5.74) is 1.01. The van der Waals surface area contributed by atoms with Crippen molar-refractivity contribution < 1.29 is 19.1 Å². The second-order valence-corrected chi connectivity index (χ2v) is 5.70. The van der Waals surface area contributed by atoms with Gasteiger partial charge in [-0.2, -0.15) is 0 Å². The third-order valence-electron chi connectivity index (χ3n) is 3.82. The first kappa shape index (κ1) is 16.8. The molecular weight excluding hydrogens is 322 g/mol. The highest BCUT2D eigenvalue weighted by Gasteiger charge is 2.24. The molecule has 0 atom stereocenters. The van der Waals surface area contributed by atoms with Gasteiger partial charge < -0.3 is 20.1 Å². The topological polar surface area (TPSA) is 89.5 Å². The van der Waals surface area contributed by atoms with Crippen LogP contribution in [0, 0.1) is 0 Å². The Hall–Kier alpha value is -3.09. The van der Waals surface area contributed by atoms with Crippen LogP contribution in [0.1, 0.15) is 33.7 Å². The van der Waals surface area contributed by atoms with E-state index in [9.17, 15) is 9.59 Å². The first-order valence-electron chi connectivity index (χ1n) is 7.91. The number of hydrogen-bond donors (Lipinski definition) is 2. The summed E-state index contributed by atoms with van der Waals surface area (Å²) in [6.45, 7) is 0. The predicted molar refractivity (Wildman–Crippen MR) is 92.2 cm³/mol. The summed E-state index contributed by atoms with van der Waals surface area (Å²) in [4.78, 5) is 28.6. The van der Waals surface area contributed by atoms with Crippen molar-refractivity contribution >= 4 is 17.5 Å². The van der Waals surface area contributed by atoms with E-state index < -0.39 is 5.91 Å². The van der Waals surface area contributed by atoms with Crippen molar-refractivity contribution in [3.63, 3.8) is 0 Å². The molecule has 1 saturated carbocycles. The number of amides is 2. The fourth-order valence-corrected chi connectivity index (χ4v) is 2.29. The van der Waals surface area contributed by atoms with Crippen molar-refractivity contribution in [1.29, 1.82) is 0 Å². The molecular formula is C18H19N3O4. The lowest BCUT2D eigenvalue weighted by Gasteiger charge is -2.12. The Kier molecular flexibility index (Phi) is 4.83. The van der Waals surface area contributed by atoms with E-state index in [-0.39, 0.29) is 17.6 Å². The second-order valence-electron chi connectivity index (χ2n) is 5.70. The van der Waals surface area contributed by atoms with Gasteiger partial charge >= 0.3 is 0 Å². The molecule has 7 heteroatoms. The summed E-state index contributed by atoms with van der Waals surface area (Å²) in [5.74, 6) is 0.448. The normalized spacial score (nSPS) is 13.0. The highest BCUT2D eigenvalue weighted by atomic mass is 16.5. The van der Waals surface area contributed by atoms with Gasteiger partial charge in [-0.3, -0.25) is 14.6 Å². The summed E-state index contributed by atoms with van der Waals surface area (Å²) in [7, 11) is 3.05. The van der Waals surface area contributed by atoms with Crippen molar-refractivity contribution in [2.24, 2.45) is 0 Å². The van der Waals surface area contributed by atoms with E-state index in [0.717, 1.165) is 12.8 Å². The summed E-state index contributed by atoms with van der Waals surface area (Å²) in [6, 6.07) is 8.39. The van der Waals surface area contributed by atoms with Crippen LogP contribution in [-0.2, 0) is 0 Å². The molecule has 1 aliphatic rings. The van der Waals surface area contributed by atoms with E-state index in [0.29, 0.717) is 22.7 Å². The molecule has 0 unspecified atom stereocenters. The van der Waals surface area contributed by atoms with Crippen LogP contribution in [0.4, 0.5) is 5.69 Å². The zero-order valence-corrected chi connectivity index (χ0v) is 14.0. The smallest absolute Gasteiger partial charge is 0.274 e. The molecule has 1 aromatic carbocycles. The van der Waals surface area contributed by atoms with Crippen LogP contribution in [0.2, 0.25) is 0 Å². The minimum Gasteiger partial charge on any atom is -0.497 e. The quantitative estimate of drug-likeness (QED) is 0.841. The Bertz CT molecular complexity index is 803. The Morgan fingerprint density at radius 1 is 1.08 bits per heavy atom. The van der Waals surface area contributed by atoms with Crippen LogP contribution in [0.5, 0.6) is 11.5 Å². The minimum atomic E-state index is -0.437. The number of rotatable bonds is 6. The Morgan fingerprint density at radius 3 is 2.56 bits per heavy atom. The van der Waals surface area contributed by atoms with Crippen LogP contribution < -0.4 is 20.1 Å². The van der Waals surface area contributed by atoms with Gasteiger partial charge in [-0.25, -0.2) is 0 Å². The molecule has 1 heterocycles. The molecule has 2 aromatic rings. The van der Waals surface area contributed by atoms with Crippen LogP contribution in [0.3, 0.4) is 0 Å². The van der Waals surface area contributed by atoms with Gasteiger partial charge in [0.05, 0.1) is 19.9 Å². The maximum Gasteiger partial charge on any atom is 0.274 e. The molecule has 2 amide bonds. The Labute approximate surface area is 145 Å². The van der Waals surface area contributed by atoms with E-state index in [2.05, 4.69) is 15.6 Å². The molecule has 0 saturated heterocycles. The molecule has 3 rings (SSSR count). The van der Waals surface area contributed by atoms with Crippen LogP contribution >= 0.6 is 0 Å². The maximum absolute atomic E-state index is 12.5. The van der Waals surface area contributed by atoms with E-state index >= 15 is 0 Å². The Balaban J connectivity index is 1.78. The third kappa shape index (κ3) is 4.06. The number of carbonyl (C=O) groups is 2. The highest BCUT2D eigenvalue weighted by Crippen LogP contribution is 2.29. The SMILES string of the molecule is COc1ccc(OC)c(NC(=O)c2cc(C(=O)NC3CC3)ccn2)c1. The first-order valence-corrected chi connectivity index (χ1v) is 7.91. The number of benzene rings is 1. The van der Waals surface area contributed by atoms with Crippen molar-refractivity contribution in [3.05, 3.63) is 47.8 Å². The lowest BCUT2D eigenvalue weighted by Crippen LogP contribution is -2.26. The highest BCUT2D eigenvalue weighted by molar-refractivity contribution is 6.05. The molecule has 130 valence electrons. The lowest BCUT2D eigenvalue weighted by molar-refractivity contribution is 0.0951. The van der Waals surface area contributed by atoms with Crippen LogP contribution in [-0.4, -0.2) is 37.1 Å². The largest absolute Gasteiger partial charge is 0.497 e. The van der Waals surface area contributed by atoms with E-state index in [1.54, 1.807) is 24.3 Å². The van der Waals surface area contributed by atoms with E-state index in [4.69, 9.17) is 9.47 Å². The second kappa shape index (κ2) is 7.21. The molecule has 0 bridgehead atoms. The van der Waals surface area contributed by atoms with Crippen LogP contribution in [0.15, 0.2) is 36.5 Å². The van der Waals surface area contributed by atoms with Crippen molar-refractivity contribution in [1.82, 2.24) is 10.3 Å². The van der Waals surface area contributed by atoms with Gasteiger partial charge in [-0.15, -0.1) is 0 Å². The van der Waals surface area contributed by atoms with E-state index in [1.165, 1.54) is 26.5 Å². The first-order chi connectivity index (χ1) is 12.1. The van der Waals surface area contributed by atoms with E-state index in [1.807, 2.05) is 0 Å². The van der Waals surface area contributed by atoms with Gasteiger partial charge in [-0.05, 0) is 37.1 Å². The maximum atomic E-state index is 12.5. The fourth-order valence-electron chi connectivity index (χ4n) is 2.29. The number of carbonyl (C=O) groups excluding carboxylic acids is 2. The number of aromatic nitrogens is 1. The van der Waals surface area contributed by atoms with Crippen molar-refractivity contribution in [2.45, 2.75) is 18.9 Å². The number of methoxy groups -OCH3 is 2. The monoisotopic (exact) mass is 341 g/mol. The molecule has 0 radical (unpaired) electrons. The molecule has 2 N–H and O–H groups in total. The van der Waals surface area contributed by atoms with Gasteiger partial charge in [0.25, 0.3) is 11.8 Å². The minimum absolute atomic E-state index is 0.147. The van der Waals surface area contributed by atoms with Crippen molar-refractivity contribution in [3.8, 4) is 11.5 Å². The van der Waals surface area contributed by atoms with Gasteiger partial charge in [0.1, 0.15) is 17.2 Å². The molecule has 1 fully saturated rings. The van der Waals surface area contributed by atoms with Gasteiger partial charge in [0, 0.05) is 23.9 Å². The standard InChI is InChI=1S/C18H19N3O4/c1-24-13-5-6-16(25-2)14(10-13)21-18(23)15-9-11(7-8-19-15)17(22)20-12-3-4-12/h5-10,12H,3-4H2,1-2H3,(H,20,22)(H,21,23). The summed E-state index contributed by atoms with van der Waals surface area (Å²) in [6.07, 6.45) is 3.44. The zero-order valence-electron chi connectivity index (χ0n) is 14.0. The average Bonchev–Trinajstić information content (AvgIpc) is 3.45. The average molecular weight is 341 g/mol. The number of anilines is 1. The summed E-state index contributed by atoms with van der Waals surface area (Å²) in [5, 5.41) is 5.62. The van der Waals surface area contributed by atoms with Crippen LogP contribution in [0.25, 0.3) is 0 Å². The van der Waals surface area contributed by atoms with Gasteiger partial charge in [0.2, 0.25) is 0 Å². The van der Waals surface area contributed by atoms with Gasteiger partial charge in [-0.1, -0.05) is 0 Å². The number of pyridine rings is 1. The summed E-state index contributed by atoms with van der Waals surface area (Å²) < 4.78 is 10.4. The van der Waals surface area contributed by atoms with Gasteiger partial charge in [0.15, 0.2) is 0 Å². The predicted octanol–water partition coefficient (Wildman–Crippen LogP) is 2.24. The number of nitrogens with zero attached hydrogens (tertiary/aromatic N) is 1. The molecule has 7 nitrogen and oxygen atoms in total. The molecule has 0 aliphatic heterocycles. The zero-order chi connectivity index (χ0) is 17.8. The van der Waals surface area contributed by atoms with Crippen molar-refractivity contribution in [2.75, 3.05) is 19.5 Å². The number of hydrogen-bond acceptors (Lipinski definition) is 5. The molecule has 0 spiro atoms. The molecule has 25 heavy (non-hydrogen) atoms. The number of ether oxygens (including phenoxy) is 2. The summed E-state index contributed by atoms with van der Waals surface area (Å²) >= 11 is 0. The lowest BCUT2D eigenvalue weighted by atomic mass is 10.2. The Morgan fingerprint density at radius 2 is 1.88 bits per heavy atom. The molecule has 1 aliphatic carbocycles. The number of nitrogens with one attached hydrogen (secondary N) is 2. The molecule has 1 aromatic heterocycles.